The van der Waals surface area contributed by atoms with E-state index in [9.17, 15) is 0 Å². The molecule has 2 aromatic rings. The van der Waals surface area contributed by atoms with Crippen molar-refractivity contribution in [2.75, 3.05) is 10.6 Å². The number of nitrogens with one attached hydrogen (secondary N) is 2. The maximum Gasteiger partial charge on any atom is 0.225 e. The minimum Gasteiger partial charge on any atom is -0.368 e. The summed E-state index contributed by atoms with van der Waals surface area (Å²) in [6, 6.07) is 8.39. The summed E-state index contributed by atoms with van der Waals surface area (Å²) in [7, 11) is 0. The van der Waals surface area contributed by atoms with Gasteiger partial charge >= 0.3 is 0 Å². The predicted octanol–water partition coefficient (Wildman–Crippen LogP) is 3.57. The summed E-state index contributed by atoms with van der Waals surface area (Å²) < 4.78 is 0. The summed E-state index contributed by atoms with van der Waals surface area (Å²) in [5, 5.41) is 6.65. The fourth-order valence-corrected chi connectivity index (χ4v) is 1.85. The van der Waals surface area contributed by atoms with Crippen LogP contribution in [0.15, 0.2) is 30.5 Å². The Morgan fingerprint density at radius 2 is 1.86 bits per heavy atom. The van der Waals surface area contributed by atoms with Crippen molar-refractivity contribution >= 4 is 11.8 Å². The van der Waals surface area contributed by atoms with Crippen LogP contribution in [0.4, 0.5) is 11.8 Å². The Morgan fingerprint density at radius 3 is 2.48 bits per heavy atom. The van der Waals surface area contributed by atoms with Crippen molar-refractivity contribution in [2.24, 2.45) is 0 Å². The first kappa shape index (κ1) is 15.2. The van der Waals surface area contributed by atoms with Crippen LogP contribution in [0.25, 0.3) is 11.4 Å². The minimum absolute atomic E-state index is 0.313. The van der Waals surface area contributed by atoms with E-state index < -0.39 is 0 Å². The molecule has 5 heteroatoms. The van der Waals surface area contributed by atoms with Gasteiger partial charge in [-0.1, -0.05) is 13.0 Å². The average molecular weight is 285 g/mol. The van der Waals surface area contributed by atoms with Crippen molar-refractivity contribution in [3.63, 3.8) is 0 Å². The second kappa shape index (κ2) is 7.02. The molecule has 0 saturated carbocycles. The van der Waals surface area contributed by atoms with Crippen LogP contribution in [0.1, 0.15) is 34.1 Å². The first-order chi connectivity index (χ1) is 10.1. The fraction of sp³-hybridized carbons (Fsp3) is 0.438. The van der Waals surface area contributed by atoms with Crippen molar-refractivity contribution in [1.82, 2.24) is 15.0 Å². The number of hydrogen-bond acceptors (Lipinski definition) is 5. The predicted molar refractivity (Wildman–Crippen MR) is 87.4 cm³/mol. The van der Waals surface area contributed by atoms with E-state index in [0.29, 0.717) is 18.0 Å². The van der Waals surface area contributed by atoms with Gasteiger partial charge < -0.3 is 10.6 Å². The van der Waals surface area contributed by atoms with Crippen LogP contribution in [-0.2, 0) is 0 Å². The summed E-state index contributed by atoms with van der Waals surface area (Å²) in [5.74, 6) is 1.45. The van der Waals surface area contributed by atoms with Crippen molar-refractivity contribution in [3.05, 3.63) is 30.5 Å². The van der Waals surface area contributed by atoms with Crippen LogP contribution < -0.4 is 10.6 Å². The number of aromatic nitrogens is 3. The Balaban J connectivity index is 2.37. The molecule has 0 radical (unpaired) electrons. The van der Waals surface area contributed by atoms with E-state index in [1.165, 1.54) is 0 Å². The minimum atomic E-state index is 0.313. The molecule has 0 aliphatic carbocycles. The zero-order valence-corrected chi connectivity index (χ0v) is 13.1. The average Bonchev–Trinajstić information content (AvgIpc) is 2.47. The lowest BCUT2D eigenvalue weighted by molar-refractivity contribution is 0.752. The van der Waals surface area contributed by atoms with Gasteiger partial charge in [0, 0.05) is 24.3 Å². The highest BCUT2D eigenvalue weighted by Gasteiger charge is 2.09. The largest absolute Gasteiger partial charge is 0.368 e. The molecule has 1 atom stereocenters. The number of rotatable bonds is 6. The molecule has 0 spiro atoms. The molecule has 0 unspecified atom stereocenters. The fourth-order valence-electron chi connectivity index (χ4n) is 1.85. The molecule has 0 amide bonds. The van der Waals surface area contributed by atoms with Gasteiger partial charge in [0.05, 0.1) is 11.4 Å². The third kappa shape index (κ3) is 4.41. The van der Waals surface area contributed by atoms with E-state index in [4.69, 9.17) is 0 Å². The molecule has 2 N–H and O–H groups in total. The zero-order valence-electron chi connectivity index (χ0n) is 13.1. The van der Waals surface area contributed by atoms with Crippen LogP contribution in [0.3, 0.4) is 0 Å². The molecule has 21 heavy (non-hydrogen) atoms. The van der Waals surface area contributed by atoms with Gasteiger partial charge in [-0.25, -0.2) is 4.98 Å². The molecular weight excluding hydrogens is 262 g/mol. The molecule has 0 aliphatic heterocycles. The summed E-state index contributed by atoms with van der Waals surface area (Å²) in [6.45, 7) is 8.43. The van der Waals surface area contributed by atoms with Crippen molar-refractivity contribution in [1.29, 1.82) is 0 Å². The Hall–Kier alpha value is -2.17. The van der Waals surface area contributed by atoms with Gasteiger partial charge in [0.1, 0.15) is 5.82 Å². The van der Waals surface area contributed by atoms with Gasteiger partial charge in [-0.3, -0.25) is 4.98 Å². The van der Waals surface area contributed by atoms with Gasteiger partial charge in [0.2, 0.25) is 5.95 Å². The monoisotopic (exact) mass is 285 g/mol. The Kier molecular flexibility index (Phi) is 5.09. The molecule has 5 nitrogen and oxygen atoms in total. The van der Waals surface area contributed by atoms with Crippen LogP contribution >= 0.6 is 0 Å². The second-order valence-electron chi connectivity index (χ2n) is 5.43. The lowest BCUT2D eigenvalue weighted by atomic mass is 10.2. The van der Waals surface area contributed by atoms with E-state index in [0.717, 1.165) is 23.6 Å². The third-order valence-corrected chi connectivity index (χ3v) is 3.08. The standard InChI is InChI=1S/C16H23N5/c1-5-12(4)19-16-20-14(13-8-6-7-9-17-13)10-15(21-16)18-11(2)3/h6-12H,5H2,1-4H3,(H2,18,19,20,21)/t12-/m1/s1. The zero-order chi connectivity index (χ0) is 15.2. The van der Waals surface area contributed by atoms with E-state index in [-0.39, 0.29) is 0 Å². The van der Waals surface area contributed by atoms with Crippen molar-refractivity contribution in [2.45, 2.75) is 46.2 Å². The summed E-state index contributed by atoms with van der Waals surface area (Å²) in [5.41, 5.74) is 1.67. The molecule has 112 valence electrons. The highest BCUT2D eigenvalue weighted by Crippen LogP contribution is 2.20. The summed E-state index contributed by atoms with van der Waals surface area (Å²) in [6.07, 6.45) is 2.79. The van der Waals surface area contributed by atoms with Crippen LogP contribution in [0.5, 0.6) is 0 Å². The Labute approximate surface area is 126 Å². The number of pyridine rings is 1. The lowest BCUT2D eigenvalue weighted by Crippen LogP contribution is -2.18. The molecule has 0 bridgehead atoms. The van der Waals surface area contributed by atoms with Crippen LogP contribution in [0, 0.1) is 0 Å². The molecule has 0 fully saturated rings. The molecular formula is C16H23N5. The first-order valence-electron chi connectivity index (χ1n) is 7.42. The van der Waals surface area contributed by atoms with Gasteiger partial charge in [-0.05, 0) is 39.3 Å². The number of nitrogens with zero attached hydrogens (tertiary/aromatic N) is 3. The lowest BCUT2D eigenvalue weighted by Gasteiger charge is -2.15. The van der Waals surface area contributed by atoms with E-state index in [1.807, 2.05) is 24.3 Å². The Morgan fingerprint density at radius 1 is 1.05 bits per heavy atom. The maximum absolute atomic E-state index is 4.57. The summed E-state index contributed by atoms with van der Waals surface area (Å²) in [4.78, 5) is 13.5. The Bertz CT molecular complexity index is 568. The molecule has 2 heterocycles. The quantitative estimate of drug-likeness (QED) is 0.849. The molecule has 0 saturated heterocycles. The first-order valence-corrected chi connectivity index (χ1v) is 7.42. The van der Waals surface area contributed by atoms with Crippen molar-refractivity contribution in [3.8, 4) is 11.4 Å². The third-order valence-electron chi connectivity index (χ3n) is 3.08. The number of anilines is 2. The molecule has 0 aromatic carbocycles. The van der Waals surface area contributed by atoms with Gasteiger partial charge in [-0.15, -0.1) is 0 Å². The van der Waals surface area contributed by atoms with E-state index in [1.54, 1.807) is 6.20 Å². The van der Waals surface area contributed by atoms with E-state index >= 15 is 0 Å². The molecule has 0 aliphatic rings. The van der Waals surface area contributed by atoms with Gasteiger partial charge in [0.15, 0.2) is 0 Å². The smallest absolute Gasteiger partial charge is 0.225 e. The topological polar surface area (TPSA) is 62.7 Å². The number of hydrogen-bond donors (Lipinski definition) is 2. The maximum atomic E-state index is 4.57. The van der Waals surface area contributed by atoms with Gasteiger partial charge in [0.25, 0.3) is 0 Å². The second-order valence-corrected chi connectivity index (χ2v) is 5.43. The van der Waals surface area contributed by atoms with Crippen LogP contribution in [-0.4, -0.2) is 27.0 Å². The summed E-state index contributed by atoms with van der Waals surface area (Å²) >= 11 is 0. The molecule has 2 rings (SSSR count). The SMILES string of the molecule is CC[C@@H](C)Nc1nc(NC(C)C)cc(-c2ccccn2)n1. The highest BCUT2D eigenvalue weighted by atomic mass is 15.2. The molecule has 2 aromatic heterocycles. The van der Waals surface area contributed by atoms with E-state index in [2.05, 4.69) is 53.3 Å². The van der Waals surface area contributed by atoms with Crippen molar-refractivity contribution < 1.29 is 0 Å². The normalized spacial score (nSPS) is 12.2. The van der Waals surface area contributed by atoms with Crippen LogP contribution in [0.2, 0.25) is 0 Å². The highest BCUT2D eigenvalue weighted by molar-refractivity contribution is 5.61. The van der Waals surface area contributed by atoms with Gasteiger partial charge in [-0.2, -0.15) is 4.98 Å².